The molecule has 128 valence electrons. The summed E-state index contributed by atoms with van der Waals surface area (Å²) in [6, 6.07) is 24.8. The Morgan fingerprint density at radius 1 is 0.885 bits per heavy atom. The maximum atomic E-state index is 5.23. The van der Waals surface area contributed by atoms with Gasteiger partial charge in [0.1, 0.15) is 5.75 Å². The van der Waals surface area contributed by atoms with Crippen LogP contribution in [0.25, 0.3) is 16.5 Å². The Kier molecular flexibility index (Phi) is 4.28. The van der Waals surface area contributed by atoms with Crippen molar-refractivity contribution in [3.05, 3.63) is 90.3 Å². The van der Waals surface area contributed by atoms with Crippen molar-refractivity contribution < 1.29 is 4.74 Å². The molecule has 0 saturated carbocycles. The number of hydrogen-bond acceptors (Lipinski definition) is 2. The highest BCUT2D eigenvalue weighted by Gasteiger charge is 2.03. The van der Waals surface area contributed by atoms with Crippen LogP contribution in [0.2, 0.25) is 0 Å². The average Bonchev–Trinajstić information content (AvgIpc) is 3.07. The molecule has 0 amide bonds. The molecule has 1 heterocycles. The van der Waals surface area contributed by atoms with Crippen LogP contribution in [0.1, 0.15) is 11.3 Å². The van der Waals surface area contributed by atoms with E-state index in [0.717, 1.165) is 28.4 Å². The number of aliphatic imine (C=N–C) groups is 1. The standard InChI is InChI=1S/C23H20N2O/c1-17-13-18(16-25(17)22-9-11-23(26-2)12-10-22)15-24-21-8-7-19-5-3-4-6-20(19)14-21/h3-16H,1-2H3. The van der Waals surface area contributed by atoms with Crippen molar-refractivity contribution in [1.82, 2.24) is 4.57 Å². The van der Waals surface area contributed by atoms with Gasteiger partial charge in [-0.1, -0.05) is 30.3 Å². The molecule has 0 saturated heterocycles. The summed E-state index contributed by atoms with van der Waals surface area (Å²) >= 11 is 0. The first-order valence-electron chi connectivity index (χ1n) is 8.59. The molecule has 4 aromatic rings. The second kappa shape index (κ2) is 6.89. The first-order chi connectivity index (χ1) is 12.7. The maximum Gasteiger partial charge on any atom is 0.119 e. The van der Waals surface area contributed by atoms with Crippen molar-refractivity contribution in [1.29, 1.82) is 0 Å². The van der Waals surface area contributed by atoms with E-state index in [1.807, 2.05) is 30.5 Å². The van der Waals surface area contributed by atoms with Crippen molar-refractivity contribution in [2.45, 2.75) is 6.92 Å². The topological polar surface area (TPSA) is 26.5 Å². The quantitative estimate of drug-likeness (QED) is 0.438. The molecule has 1 aromatic heterocycles. The van der Waals surface area contributed by atoms with Crippen LogP contribution in [-0.2, 0) is 0 Å². The molecule has 3 nitrogen and oxygen atoms in total. The van der Waals surface area contributed by atoms with Gasteiger partial charge in [0.2, 0.25) is 0 Å². The maximum absolute atomic E-state index is 5.23. The van der Waals surface area contributed by atoms with Gasteiger partial charge in [-0.3, -0.25) is 4.99 Å². The minimum absolute atomic E-state index is 0.858. The van der Waals surface area contributed by atoms with Crippen molar-refractivity contribution in [2.75, 3.05) is 7.11 Å². The van der Waals surface area contributed by atoms with E-state index in [1.165, 1.54) is 10.8 Å². The fraction of sp³-hybridized carbons (Fsp3) is 0.0870. The van der Waals surface area contributed by atoms with Crippen LogP contribution < -0.4 is 4.74 Å². The second-order valence-electron chi connectivity index (χ2n) is 6.27. The molecule has 0 spiro atoms. The number of aromatic nitrogens is 1. The number of aryl methyl sites for hydroxylation is 1. The molecule has 4 rings (SSSR count). The molecule has 0 bridgehead atoms. The zero-order valence-corrected chi connectivity index (χ0v) is 14.9. The molecule has 0 aliphatic heterocycles. The lowest BCUT2D eigenvalue weighted by molar-refractivity contribution is 0.414. The average molecular weight is 340 g/mol. The molecule has 26 heavy (non-hydrogen) atoms. The Bertz CT molecular complexity index is 1080. The summed E-state index contributed by atoms with van der Waals surface area (Å²) in [4.78, 5) is 4.64. The van der Waals surface area contributed by atoms with Gasteiger partial charge < -0.3 is 9.30 Å². The summed E-state index contributed by atoms with van der Waals surface area (Å²) in [6.07, 6.45) is 4.01. The van der Waals surface area contributed by atoms with Gasteiger partial charge in [0.15, 0.2) is 0 Å². The lowest BCUT2D eigenvalue weighted by atomic mass is 10.1. The number of rotatable bonds is 4. The van der Waals surface area contributed by atoms with Crippen LogP contribution in [0.4, 0.5) is 5.69 Å². The third kappa shape index (κ3) is 3.24. The molecule has 3 heteroatoms. The van der Waals surface area contributed by atoms with E-state index in [1.54, 1.807) is 7.11 Å². The van der Waals surface area contributed by atoms with Gasteiger partial charge in [0.25, 0.3) is 0 Å². The van der Waals surface area contributed by atoms with Gasteiger partial charge in [0, 0.05) is 29.4 Å². The summed E-state index contributed by atoms with van der Waals surface area (Å²) in [5.41, 5.74) is 4.30. The lowest BCUT2D eigenvalue weighted by Gasteiger charge is -2.06. The fourth-order valence-corrected chi connectivity index (χ4v) is 3.10. The fourth-order valence-electron chi connectivity index (χ4n) is 3.10. The van der Waals surface area contributed by atoms with Crippen LogP contribution >= 0.6 is 0 Å². The van der Waals surface area contributed by atoms with Gasteiger partial charge >= 0.3 is 0 Å². The zero-order chi connectivity index (χ0) is 17.9. The number of fused-ring (bicyclic) bond motifs is 1. The van der Waals surface area contributed by atoms with Crippen molar-refractivity contribution in [2.24, 2.45) is 4.99 Å². The number of benzene rings is 3. The Morgan fingerprint density at radius 3 is 2.42 bits per heavy atom. The largest absolute Gasteiger partial charge is 0.497 e. The first kappa shape index (κ1) is 16.2. The predicted octanol–water partition coefficient (Wildman–Crippen LogP) is 5.70. The van der Waals surface area contributed by atoms with E-state index in [2.05, 4.69) is 71.2 Å². The van der Waals surface area contributed by atoms with Gasteiger partial charge in [-0.25, -0.2) is 0 Å². The number of hydrogen-bond donors (Lipinski definition) is 0. The molecule has 0 aliphatic rings. The summed E-state index contributed by atoms with van der Waals surface area (Å²) in [7, 11) is 1.68. The molecule has 0 fully saturated rings. The van der Waals surface area contributed by atoms with Crippen LogP contribution in [0.15, 0.2) is 84.0 Å². The highest BCUT2D eigenvalue weighted by atomic mass is 16.5. The van der Waals surface area contributed by atoms with Crippen molar-refractivity contribution >= 4 is 22.7 Å². The van der Waals surface area contributed by atoms with E-state index in [9.17, 15) is 0 Å². The van der Waals surface area contributed by atoms with Crippen LogP contribution in [-0.4, -0.2) is 17.9 Å². The van der Waals surface area contributed by atoms with Gasteiger partial charge in [-0.15, -0.1) is 0 Å². The lowest BCUT2D eigenvalue weighted by Crippen LogP contribution is -1.94. The van der Waals surface area contributed by atoms with E-state index < -0.39 is 0 Å². The number of nitrogens with zero attached hydrogens (tertiary/aromatic N) is 2. The monoisotopic (exact) mass is 340 g/mol. The van der Waals surface area contributed by atoms with E-state index >= 15 is 0 Å². The molecule has 3 aromatic carbocycles. The third-order valence-corrected chi connectivity index (χ3v) is 4.48. The molecular weight excluding hydrogens is 320 g/mol. The van der Waals surface area contributed by atoms with E-state index in [0.29, 0.717) is 0 Å². The molecule has 0 aliphatic carbocycles. The van der Waals surface area contributed by atoms with Crippen molar-refractivity contribution in [3.8, 4) is 11.4 Å². The van der Waals surface area contributed by atoms with Crippen LogP contribution in [0.3, 0.4) is 0 Å². The third-order valence-electron chi connectivity index (χ3n) is 4.48. The molecule has 0 radical (unpaired) electrons. The smallest absolute Gasteiger partial charge is 0.119 e. The summed E-state index contributed by atoms with van der Waals surface area (Å²) < 4.78 is 7.38. The van der Waals surface area contributed by atoms with E-state index in [-0.39, 0.29) is 0 Å². The Morgan fingerprint density at radius 2 is 1.65 bits per heavy atom. The van der Waals surface area contributed by atoms with Gasteiger partial charge in [-0.05, 0) is 60.2 Å². The molecule has 0 N–H and O–H groups in total. The molecule has 0 atom stereocenters. The van der Waals surface area contributed by atoms with Crippen LogP contribution in [0.5, 0.6) is 5.75 Å². The second-order valence-corrected chi connectivity index (χ2v) is 6.27. The Labute approximate surface area is 153 Å². The Balaban J connectivity index is 1.60. The zero-order valence-electron chi connectivity index (χ0n) is 14.9. The predicted molar refractivity (Wildman–Crippen MR) is 108 cm³/mol. The SMILES string of the molecule is COc1ccc(-n2cc(C=Nc3ccc4ccccc4c3)cc2C)cc1. The minimum Gasteiger partial charge on any atom is -0.497 e. The Hall–Kier alpha value is -3.33. The summed E-state index contributed by atoms with van der Waals surface area (Å²) in [5.74, 6) is 0.858. The van der Waals surface area contributed by atoms with Crippen LogP contribution in [0, 0.1) is 6.92 Å². The minimum atomic E-state index is 0.858. The number of ether oxygens (including phenoxy) is 1. The highest BCUT2D eigenvalue weighted by Crippen LogP contribution is 2.22. The molecule has 0 unspecified atom stereocenters. The first-order valence-corrected chi connectivity index (χ1v) is 8.59. The van der Waals surface area contributed by atoms with Gasteiger partial charge in [0.05, 0.1) is 12.8 Å². The summed E-state index contributed by atoms with van der Waals surface area (Å²) in [6.45, 7) is 2.09. The highest BCUT2D eigenvalue weighted by molar-refractivity contribution is 5.87. The van der Waals surface area contributed by atoms with E-state index in [4.69, 9.17) is 4.74 Å². The van der Waals surface area contributed by atoms with Crippen molar-refractivity contribution in [3.63, 3.8) is 0 Å². The number of methoxy groups -OCH3 is 1. The molecular formula is C23H20N2O. The normalized spacial score (nSPS) is 11.3. The summed E-state index contributed by atoms with van der Waals surface area (Å²) in [5, 5.41) is 2.43. The van der Waals surface area contributed by atoms with Gasteiger partial charge in [-0.2, -0.15) is 0 Å².